The van der Waals surface area contributed by atoms with Crippen molar-refractivity contribution in [2.45, 2.75) is 380 Å². The van der Waals surface area contributed by atoms with Crippen LogP contribution in [0.3, 0.4) is 0 Å². The quantitative estimate of drug-likeness (QED) is 0.0195. The molecule has 506 valence electrons. The highest BCUT2D eigenvalue weighted by Crippen LogP contribution is 2.38. The molecule has 0 amide bonds. The summed E-state index contributed by atoms with van der Waals surface area (Å²) >= 11 is 0. The van der Waals surface area contributed by atoms with Crippen molar-refractivity contribution in [3.05, 3.63) is 48.6 Å². The molecular weight excluding hydrogens is 1090 g/mol. The fourth-order valence-corrected chi connectivity index (χ4v) is 11.8. The molecule has 0 aromatic heterocycles. The van der Waals surface area contributed by atoms with E-state index >= 15 is 0 Å². The highest BCUT2D eigenvalue weighted by molar-refractivity contribution is 7.45. The SMILES string of the molecule is CCCCCCC/C=C\C/C=C\C/C=C\CCCCCCCCCCCCC(=O)OC(COC(=O)CCCCCCCCCCCCCCCCCCCCCCCCCCC/C=C\CCCCCCCCCC)COP(=O)([O-])OCC[N+](C)(C)C. The topological polar surface area (TPSA) is 111 Å². The summed E-state index contributed by atoms with van der Waals surface area (Å²) in [5.74, 6) is -0.820. The van der Waals surface area contributed by atoms with Gasteiger partial charge in [-0.15, -0.1) is 0 Å². The molecule has 0 aliphatic heterocycles. The lowest BCUT2D eigenvalue weighted by atomic mass is 10.0. The monoisotopic (exact) mass is 1230 g/mol. The Kier molecular flexibility index (Phi) is 65.8. The number of carbonyl (C=O) groups excluding carboxylic acids is 2. The molecule has 0 rings (SSSR count). The van der Waals surface area contributed by atoms with E-state index in [1.54, 1.807) is 0 Å². The summed E-state index contributed by atoms with van der Waals surface area (Å²) in [6.07, 6.45) is 87.9. The largest absolute Gasteiger partial charge is 0.756 e. The molecule has 0 aliphatic carbocycles. The molecule has 2 unspecified atom stereocenters. The number of likely N-dealkylation sites (N-methyl/N-ethyl adjacent to an activating group) is 1. The number of hydrogen-bond donors (Lipinski definition) is 0. The molecule has 0 saturated carbocycles. The second-order valence-corrected chi connectivity index (χ2v) is 28.1. The molecule has 0 spiro atoms. The first-order chi connectivity index (χ1) is 42.0. The second-order valence-electron chi connectivity index (χ2n) is 26.7. The molecule has 0 bridgehead atoms. The van der Waals surface area contributed by atoms with Gasteiger partial charge < -0.3 is 27.9 Å². The summed E-state index contributed by atoms with van der Waals surface area (Å²) < 4.78 is 34.3. The Balaban J connectivity index is 3.94. The van der Waals surface area contributed by atoms with Gasteiger partial charge in [0.05, 0.1) is 27.7 Å². The second kappa shape index (κ2) is 67.4. The average molecular weight is 1230 g/mol. The number of phosphoric ester groups is 1. The number of ether oxygens (including phenoxy) is 2. The van der Waals surface area contributed by atoms with Crippen molar-refractivity contribution in [3.8, 4) is 0 Å². The fourth-order valence-electron chi connectivity index (χ4n) is 11.1. The molecule has 10 heteroatoms. The van der Waals surface area contributed by atoms with E-state index < -0.39 is 26.5 Å². The van der Waals surface area contributed by atoms with Gasteiger partial charge >= 0.3 is 11.9 Å². The third-order valence-electron chi connectivity index (χ3n) is 16.8. The van der Waals surface area contributed by atoms with Gasteiger partial charge in [0, 0.05) is 12.8 Å². The third kappa shape index (κ3) is 71.1. The van der Waals surface area contributed by atoms with Crippen LogP contribution in [-0.4, -0.2) is 70.0 Å². The maximum Gasteiger partial charge on any atom is 0.306 e. The van der Waals surface area contributed by atoms with Gasteiger partial charge in [0.2, 0.25) is 0 Å². The van der Waals surface area contributed by atoms with Crippen molar-refractivity contribution in [1.29, 1.82) is 0 Å². The normalized spacial score (nSPS) is 13.3. The number of rotatable bonds is 70. The molecule has 2 atom stereocenters. The molecular formula is C76H144NO8P. The van der Waals surface area contributed by atoms with E-state index in [1.807, 2.05) is 21.1 Å². The molecule has 9 nitrogen and oxygen atoms in total. The van der Waals surface area contributed by atoms with Crippen molar-refractivity contribution in [1.82, 2.24) is 0 Å². The van der Waals surface area contributed by atoms with E-state index in [-0.39, 0.29) is 32.0 Å². The first-order valence-corrected chi connectivity index (χ1v) is 38.8. The Labute approximate surface area is 534 Å². The summed E-state index contributed by atoms with van der Waals surface area (Å²) in [6, 6.07) is 0. The van der Waals surface area contributed by atoms with Crippen molar-refractivity contribution in [2.75, 3.05) is 47.5 Å². The first-order valence-electron chi connectivity index (χ1n) is 37.3. The lowest BCUT2D eigenvalue weighted by Crippen LogP contribution is -2.37. The van der Waals surface area contributed by atoms with E-state index in [9.17, 15) is 19.0 Å². The van der Waals surface area contributed by atoms with Gasteiger partial charge in [-0.2, -0.15) is 0 Å². The summed E-state index contributed by atoms with van der Waals surface area (Å²) in [4.78, 5) is 38.1. The molecule has 0 heterocycles. The smallest absolute Gasteiger partial charge is 0.306 e. The van der Waals surface area contributed by atoms with Crippen LogP contribution < -0.4 is 4.89 Å². The lowest BCUT2D eigenvalue weighted by molar-refractivity contribution is -0.870. The Morgan fingerprint density at radius 2 is 0.628 bits per heavy atom. The maximum absolute atomic E-state index is 12.9. The predicted octanol–water partition coefficient (Wildman–Crippen LogP) is 23.8. The number of esters is 2. The molecule has 86 heavy (non-hydrogen) atoms. The fraction of sp³-hybridized carbons (Fsp3) is 0.868. The minimum Gasteiger partial charge on any atom is -0.756 e. The van der Waals surface area contributed by atoms with Gasteiger partial charge in [-0.1, -0.05) is 332 Å². The van der Waals surface area contributed by atoms with E-state index in [1.165, 1.54) is 283 Å². The Bertz CT molecular complexity index is 1590. The van der Waals surface area contributed by atoms with Crippen LogP contribution in [0.15, 0.2) is 48.6 Å². The van der Waals surface area contributed by atoms with Crippen LogP contribution in [0.4, 0.5) is 0 Å². The average Bonchev–Trinajstić information content (AvgIpc) is 3.70. The minimum absolute atomic E-state index is 0.0306. The third-order valence-corrected chi connectivity index (χ3v) is 17.8. The highest BCUT2D eigenvalue weighted by Gasteiger charge is 2.22. The van der Waals surface area contributed by atoms with Gasteiger partial charge in [-0.25, -0.2) is 0 Å². The van der Waals surface area contributed by atoms with Crippen LogP contribution in [0.1, 0.15) is 373 Å². The van der Waals surface area contributed by atoms with Crippen LogP contribution in [0.25, 0.3) is 0 Å². The van der Waals surface area contributed by atoms with Gasteiger partial charge in [-0.3, -0.25) is 14.2 Å². The standard InChI is InChI=1S/C76H144NO8P/c1-6-8-10-12-14-16-18-20-22-24-26-28-30-32-33-34-35-36-37-38-39-40-41-42-43-45-46-48-50-52-54-56-58-60-62-64-66-68-75(78)82-72-74(73-84-86(80,81)83-71-70-77(3,4)5)85-76(79)69-67-65-63-61-59-57-55-53-51-49-47-44-31-29-27-25-23-21-19-17-15-13-11-9-7-2/h19,21,24-27,31,44,74H,6-18,20,22-23,28-30,32-43,45-73H2,1-5H3/b21-19-,26-24-,27-25-,44-31-. The molecule has 0 aliphatic rings. The number of phosphoric acid groups is 1. The summed E-state index contributed by atoms with van der Waals surface area (Å²) in [6.45, 7) is 4.28. The Hall–Kier alpha value is -2.03. The zero-order valence-electron chi connectivity index (χ0n) is 57.8. The molecule has 0 saturated heterocycles. The number of allylic oxidation sites excluding steroid dienone is 8. The number of unbranched alkanes of at least 4 members (excludes halogenated alkanes) is 48. The zero-order chi connectivity index (χ0) is 62.6. The van der Waals surface area contributed by atoms with Gasteiger partial charge in [0.15, 0.2) is 6.10 Å². The number of quaternary nitrogens is 1. The number of hydrogen-bond acceptors (Lipinski definition) is 8. The highest BCUT2D eigenvalue weighted by atomic mass is 31.2. The molecule has 0 fully saturated rings. The summed E-state index contributed by atoms with van der Waals surface area (Å²) in [5, 5.41) is 0. The Morgan fingerprint density at radius 3 is 0.942 bits per heavy atom. The zero-order valence-corrected chi connectivity index (χ0v) is 58.7. The first kappa shape index (κ1) is 84.0. The van der Waals surface area contributed by atoms with E-state index in [2.05, 4.69) is 62.5 Å². The van der Waals surface area contributed by atoms with Crippen LogP contribution in [0.2, 0.25) is 0 Å². The molecule has 0 aromatic carbocycles. The van der Waals surface area contributed by atoms with Crippen LogP contribution in [0, 0.1) is 0 Å². The van der Waals surface area contributed by atoms with E-state index in [4.69, 9.17) is 18.5 Å². The van der Waals surface area contributed by atoms with E-state index in [0.29, 0.717) is 17.4 Å². The maximum atomic E-state index is 12.9. The lowest BCUT2D eigenvalue weighted by Gasteiger charge is -2.28. The number of carbonyl (C=O) groups is 2. The van der Waals surface area contributed by atoms with Crippen LogP contribution in [-0.2, 0) is 32.7 Å². The molecule has 0 radical (unpaired) electrons. The van der Waals surface area contributed by atoms with E-state index in [0.717, 1.165) is 57.8 Å². The van der Waals surface area contributed by atoms with Crippen LogP contribution in [0.5, 0.6) is 0 Å². The number of nitrogens with zero attached hydrogens (tertiary/aromatic N) is 1. The van der Waals surface area contributed by atoms with Crippen molar-refractivity contribution >= 4 is 19.8 Å². The van der Waals surface area contributed by atoms with Gasteiger partial charge in [0.25, 0.3) is 7.82 Å². The van der Waals surface area contributed by atoms with Crippen molar-refractivity contribution in [2.24, 2.45) is 0 Å². The van der Waals surface area contributed by atoms with Gasteiger partial charge in [0.1, 0.15) is 19.8 Å². The van der Waals surface area contributed by atoms with Crippen LogP contribution >= 0.6 is 7.82 Å². The molecule has 0 aromatic rings. The van der Waals surface area contributed by atoms with Crippen molar-refractivity contribution in [3.63, 3.8) is 0 Å². The van der Waals surface area contributed by atoms with Crippen molar-refractivity contribution < 1.29 is 42.1 Å². The Morgan fingerprint density at radius 1 is 0.360 bits per heavy atom. The van der Waals surface area contributed by atoms with Gasteiger partial charge in [-0.05, 0) is 77.0 Å². The predicted molar refractivity (Wildman–Crippen MR) is 370 cm³/mol. The summed E-state index contributed by atoms with van der Waals surface area (Å²) in [7, 11) is 1.18. The molecule has 0 N–H and O–H groups in total. The minimum atomic E-state index is -4.64. The summed E-state index contributed by atoms with van der Waals surface area (Å²) in [5.41, 5.74) is 0.